The van der Waals surface area contributed by atoms with Crippen molar-refractivity contribution in [2.24, 2.45) is 0 Å². The number of likely N-dealkylation sites (N-methyl/N-ethyl adjacent to an activating group) is 1. The summed E-state index contributed by atoms with van der Waals surface area (Å²) < 4.78 is 22.9. The highest BCUT2D eigenvalue weighted by Crippen LogP contribution is 2.18. The highest BCUT2D eigenvalue weighted by molar-refractivity contribution is 5.71. The van der Waals surface area contributed by atoms with Crippen molar-refractivity contribution >= 4 is 17.9 Å². The molecule has 0 bridgehead atoms. The predicted molar refractivity (Wildman–Crippen MR) is 291 cm³/mol. The fourth-order valence-corrected chi connectivity index (χ4v) is 9.19. The first-order valence-electron chi connectivity index (χ1n) is 30.2. The molecule has 0 amide bonds. The molecule has 0 aromatic rings. The Labute approximate surface area is 428 Å². The third kappa shape index (κ3) is 53.9. The fourth-order valence-electron chi connectivity index (χ4n) is 9.19. The smallest absolute Gasteiger partial charge is 0.361 e. The van der Waals surface area contributed by atoms with Gasteiger partial charge in [-0.2, -0.15) is 0 Å². The van der Waals surface area contributed by atoms with Gasteiger partial charge in [-0.05, 0) is 12.8 Å². The van der Waals surface area contributed by atoms with Gasteiger partial charge in [-0.15, -0.1) is 0 Å². The molecule has 0 spiro atoms. The highest BCUT2D eigenvalue weighted by Gasteiger charge is 2.25. The van der Waals surface area contributed by atoms with E-state index in [-0.39, 0.29) is 38.2 Å². The van der Waals surface area contributed by atoms with E-state index in [2.05, 4.69) is 13.8 Å². The summed E-state index contributed by atoms with van der Waals surface area (Å²) in [4.78, 5) is 37.3. The van der Waals surface area contributed by atoms with E-state index in [1.54, 1.807) is 0 Å². The first kappa shape index (κ1) is 67.3. The largest absolute Gasteiger partial charge is 0.477 e. The Morgan fingerprint density at radius 2 is 0.652 bits per heavy atom. The zero-order valence-electron chi connectivity index (χ0n) is 46.8. The van der Waals surface area contributed by atoms with Crippen molar-refractivity contribution in [2.45, 2.75) is 322 Å². The van der Waals surface area contributed by atoms with Gasteiger partial charge in [0.05, 0.1) is 34.4 Å². The summed E-state index contributed by atoms with van der Waals surface area (Å²) in [5, 5.41) is 9.68. The second-order valence-corrected chi connectivity index (χ2v) is 22.0. The Hall–Kier alpha value is -1.71. The minimum atomic E-state index is -1.50. The van der Waals surface area contributed by atoms with Crippen LogP contribution in [0.4, 0.5) is 0 Å². The van der Waals surface area contributed by atoms with E-state index in [4.69, 9.17) is 18.9 Å². The molecule has 0 aliphatic carbocycles. The van der Waals surface area contributed by atoms with Crippen molar-refractivity contribution in [2.75, 3.05) is 47.5 Å². The van der Waals surface area contributed by atoms with Crippen LogP contribution in [-0.4, -0.2) is 87.4 Å². The number of ether oxygens (including phenoxy) is 4. The summed E-state index contributed by atoms with van der Waals surface area (Å²) in [6.07, 6.45) is 56.4. The van der Waals surface area contributed by atoms with Crippen molar-refractivity contribution < 1.29 is 42.9 Å². The molecule has 0 heterocycles. The van der Waals surface area contributed by atoms with E-state index < -0.39 is 18.4 Å². The lowest BCUT2D eigenvalue weighted by atomic mass is 10.0. The highest BCUT2D eigenvalue weighted by atomic mass is 16.7. The lowest BCUT2D eigenvalue weighted by molar-refractivity contribution is -0.870. The number of carboxylic acids is 1. The van der Waals surface area contributed by atoms with E-state index in [1.165, 1.54) is 244 Å². The number of carbonyl (C=O) groups excluding carboxylic acids is 2. The van der Waals surface area contributed by atoms with Crippen molar-refractivity contribution in [3.63, 3.8) is 0 Å². The SMILES string of the molecule is CCCCCCCCCCCCCCCCCCCCCCCCCCCCCCCCCCC(=O)OC(COC(=O)CCCCCCCCCCCCCC)COC(OCC[N+](C)(C)C)C(=O)O. The van der Waals surface area contributed by atoms with Crippen molar-refractivity contribution in [3.05, 3.63) is 0 Å². The fraction of sp³-hybridized carbons (Fsp3) is 0.950. The minimum absolute atomic E-state index is 0.173. The maximum atomic E-state index is 12.9. The Kier molecular flexibility index (Phi) is 51.3. The van der Waals surface area contributed by atoms with Crippen LogP contribution in [0.25, 0.3) is 0 Å². The van der Waals surface area contributed by atoms with Gasteiger partial charge in [-0.25, -0.2) is 4.79 Å². The standard InChI is InChI=1S/C60H117NO8/c1-6-8-10-12-14-16-18-20-21-22-23-24-25-26-27-28-29-30-31-32-33-34-35-36-37-38-39-41-43-45-47-49-51-58(63)69-56(55-68-60(59(64)65)66-53-52-61(3,4)5)54-67-57(62)50-48-46-44-42-40-19-17-15-13-11-9-7-2/h56,60H,6-55H2,1-5H3/p+1. The average Bonchev–Trinajstić information content (AvgIpc) is 3.31. The van der Waals surface area contributed by atoms with Crippen molar-refractivity contribution in [3.8, 4) is 0 Å². The number of quaternary nitrogens is 1. The van der Waals surface area contributed by atoms with Gasteiger partial charge in [0, 0.05) is 12.8 Å². The molecule has 0 aromatic heterocycles. The van der Waals surface area contributed by atoms with Gasteiger partial charge in [-0.3, -0.25) is 9.59 Å². The Bertz CT molecular complexity index is 1100. The number of carbonyl (C=O) groups is 3. The Morgan fingerprint density at radius 3 is 0.928 bits per heavy atom. The summed E-state index contributed by atoms with van der Waals surface area (Å²) in [5.74, 6) is -1.98. The average molecular weight is 982 g/mol. The quantitative estimate of drug-likeness (QED) is 0.0278. The van der Waals surface area contributed by atoms with Gasteiger partial charge in [0.2, 0.25) is 0 Å². The van der Waals surface area contributed by atoms with Crippen LogP contribution < -0.4 is 0 Å². The molecule has 0 saturated heterocycles. The molecule has 0 aliphatic heterocycles. The molecule has 2 atom stereocenters. The molecule has 0 saturated carbocycles. The molecule has 0 fully saturated rings. The van der Waals surface area contributed by atoms with Gasteiger partial charge in [0.25, 0.3) is 6.29 Å². The molecule has 0 radical (unpaired) electrons. The van der Waals surface area contributed by atoms with E-state index in [0.717, 1.165) is 38.5 Å². The van der Waals surface area contributed by atoms with E-state index in [1.807, 2.05) is 21.1 Å². The molecule has 0 aromatic carbocycles. The number of aliphatic carboxylic acids is 1. The molecule has 1 N–H and O–H groups in total. The van der Waals surface area contributed by atoms with Crippen LogP contribution in [0.3, 0.4) is 0 Å². The first-order valence-corrected chi connectivity index (χ1v) is 30.2. The number of carboxylic acid groups (broad SMARTS) is 1. The maximum Gasteiger partial charge on any atom is 0.361 e. The zero-order valence-corrected chi connectivity index (χ0v) is 46.8. The van der Waals surface area contributed by atoms with E-state index in [0.29, 0.717) is 17.4 Å². The summed E-state index contributed by atoms with van der Waals surface area (Å²) in [6, 6.07) is 0. The number of hydrogen-bond donors (Lipinski definition) is 1. The monoisotopic (exact) mass is 981 g/mol. The van der Waals surface area contributed by atoms with Crippen LogP contribution in [0.15, 0.2) is 0 Å². The summed E-state index contributed by atoms with van der Waals surface area (Å²) in [6.45, 7) is 4.93. The molecule has 0 aliphatic rings. The van der Waals surface area contributed by atoms with Gasteiger partial charge in [-0.1, -0.05) is 284 Å². The normalized spacial score (nSPS) is 12.7. The molecule has 2 unspecified atom stereocenters. The van der Waals surface area contributed by atoms with Gasteiger partial charge < -0.3 is 28.5 Å². The number of esters is 2. The number of nitrogens with zero attached hydrogens (tertiary/aromatic N) is 1. The van der Waals surface area contributed by atoms with Crippen LogP contribution in [-0.2, 0) is 33.3 Å². The molecule has 9 nitrogen and oxygen atoms in total. The number of rotatable bonds is 57. The molecule has 69 heavy (non-hydrogen) atoms. The second-order valence-electron chi connectivity index (χ2n) is 22.0. The van der Waals surface area contributed by atoms with Crippen LogP contribution in [0.2, 0.25) is 0 Å². The summed E-state index contributed by atoms with van der Waals surface area (Å²) in [5.41, 5.74) is 0. The van der Waals surface area contributed by atoms with Crippen LogP contribution in [0.5, 0.6) is 0 Å². The lowest BCUT2D eigenvalue weighted by Crippen LogP contribution is -2.40. The van der Waals surface area contributed by atoms with Crippen LogP contribution in [0, 0.1) is 0 Å². The van der Waals surface area contributed by atoms with Gasteiger partial charge in [0.15, 0.2) is 6.10 Å². The molecular formula is C60H118NO8+. The lowest BCUT2D eigenvalue weighted by Gasteiger charge is -2.25. The summed E-state index contributed by atoms with van der Waals surface area (Å²) >= 11 is 0. The van der Waals surface area contributed by atoms with Gasteiger partial charge >= 0.3 is 17.9 Å². The van der Waals surface area contributed by atoms with E-state index in [9.17, 15) is 19.5 Å². The molecular weight excluding hydrogens is 863 g/mol. The first-order chi connectivity index (χ1) is 33.6. The predicted octanol–water partition coefficient (Wildman–Crippen LogP) is 17.6. The third-order valence-corrected chi connectivity index (χ3v) is 13.9. The number of hydrogen-bond acceptors (Lipinski definition) is 7. The topological polar surface area (TPSA) is 108 Å². The van der Waals surface area contributed by atoms with Gasteiger partial charge in [0.1, 0.15) is 13.2 Å². The maximum absolute atomic E-state index is 12.9. The van der Waals surface area contributed by atoms with Crippen molar-refractivity contribution in [1.82, 2.24) is 0 Å². The van der Waals surface area contributed by atoms with E-state index >= 15 is 0 Å². The number of unbranched alkanes of at least 4 members (excludes halogenated alkanes) is 42. The van der Waals surface area contributed by atoms with Crippen LogP contribution >= 0.6 is 0 Å². The Balaban J connectivity index is 3.99. The second kappa shape index (κ2) is 52.6. The third-order valence-electron chi connectivity index (χ3n) is 13.9. The van der Waals surface area contributed by atoms with Crippen molar-refractivity contribution in [1.29, 1.82) is 0 Å². The molecule has 0 rings (SSSR count). The molecule has 9 heteroatoms. The minimum Gasteiger partial charge on any atom is -0.477 e. The zero-order chi connectivity index (χ0) is 50.6. The molecule has 410 valence electrons. The van der Waals surface area contributed by atoms with Crippen LogP contribution in [0.1, 0.15) is 309 Å². The summed E-state index contributed by atoms with van der Waals surface area (Å²) in [7, 11) is 5.98. The Morgan fingerprint density at radius 1 is 0.377 bits per heavy atom.